The van der Waals surface area contributed by atoms with Crippen LogP contribution in [-0.4, -0.2) is 4.57 Å². The van der Waals surface area contributed by atoms with Gasteiger partial charge >= 0.3 is 0 Å². The SMILES string of the molecule is CC1(C)c2cc(N(c3ccccc3)c3ccc4c5ccccc5n(-c5ccc6sc7ccccc7c6c5)c4c3)ccc2-c2ccc3ccccc3c21. The predicted octanol–water partition coefficient (Wildman–Crippen LogP) is 14.1. The van der Waals surface area contributed by atoms with E-state index in [1.165, 1.54) is 80.7 Å². The van der Waals surface area contributed by atoms with Crippen molar-refractivity contribution in [3.63, 3.8) is 0 Å². The number of aromatic nitrogens is 1. The van der Waals surface area contributed by atoms with Crippen molar-refractivity contribution in [3.8, 4) is 16.8 Å². The molecule has 10 aromatic rings. The minimum atomic E-state index is -0.148. The molecule has 52 heavy (non-hydrogen) atoms. The fourth-order valence-corrected chi connectivity index (χ4v) is 10.1. The number of hydrogen-bond donors (Lipinski definition) is 0. The Kier molecular flexibility index (Phi) is 6.21. The summed E-state index contributed by atoms with van der Waals surface area (Å²) in [6, 6.07) is 62.8. The highest BCUT2D eigenvalue weighted by atomic mass is 32.1. The molecule has 0 fully saturated rings. The molecule has 0 spiro atoms. The van der Waals surface area contributed by atoms with E-state index in [2.05, 4.69) is 193 Å². The normalized spacial score (nSPS) is 13.3. The average molecular weight is 683 g/mol. The van der Waals surface area contributed by atoms with Gasteiger partial charge in [0.2, 0.25) is 0 Å². The standard InChI is InChI=1S/C49H34N2S/c1-49(2)43-29-34(21-25-37(43)41-24-20-31-12-6-7-15-36(31)48(41)49)50(32-13-4-3-5-14-32)35-22-26-39-38-16-8-10-18-44(38)51(45(39)30-35)33-23-27-47-42(28-33)40-17-9-11-19-46(40)52-47/h3-30H,1-2H3. The lowest BCUT2D eigenvalue weighted by Crippen LogP contribution is -2.17. The summed E-state index contributed by atoms with van der Waals surface area (Å²) in [7, 11) is 0. The van der Waals surface area contributed by atoms with E-state index in [0.717, 1.165) is 17.1 Å². The van der Waals surface area contributed by atoms with Gasteiger partial charge in [-0.25, -0.2) is 0 Å². The van der Waals surface area contributed by atoms with E-state index in [1.54, 1.807) is 0 Å². The van der Waals surface area contributed by atoms with Crippen molar-refractivity contribution in [2.45, 2.75) is 19.3 Å². The molecule has 0 amide bonds. The highest BCUT2D eigenvalue weighted by molar-refractivity contribution is 7.25. The predicted molar refractivity (Wildman–Crippen MR) is 223 cm³/mol. The van der Waals surface area contributed by atoms with E-state index in [0.29, 0.717) is 0 Å². The van der Waals surface area contributed by atoms with E-state index in [9.17, 15) is 0 Å². The van der Waals surface area contributed by atoms with Crippen LogP contribution in [0.1, 0.15) is 25.0 Å². The van der Waals surface area contributed by atoms with E-state index < -0.39 is 0 Å². The van der Waals surface area contributed by atoms with Gasteiger partial charge in [-0.15, -0.1) is 11.3 Å². The van der Waals surface area contributed by atoms with Gasteiger partial charge in [-0.05, 0) is 99.8 Å². The Morgan fingerprint density at radius 3 is 2.02 bits per heavy atom. The molecule has 1 aliphatic carbocycles. The molecule has 1 aliphatic rings. The van der Waals surface area contributed by atoms with Crippen LogP contribution in [-0.2, 0) is 5.41 Å². The summed E-state index contributed by atoms with van der Waals surface area (Å²) in [5, 5.41) is 7.77. The van der Waals surface area contributed by atoms with E-state index >= 15 is 0 Å². The number of fused-ring (bicyclic) bond motifs is 11. The molecule has 0 atom stereocenters. The first-order valence-corrected chi connectivity index (χ1v) is 18.8. The highest BCUT2D eigenvalue weighted by Gasteiger charge is 2.37. The summed E-state index contributed by atoms with van der Waals surface area (Å²) in [4.78, 5) is 2.43. The molecule has 8 aromatic carbocycles. The van der Waals surface area contributed by atoms with Crippen LogP contribution in [0.3, 0.4) is 0 Å². The Morgan fingerprint density at radius 1 is 0.462 bits per heavy atom. The number of thiophene rings is 1. The first kappa shape index (κ1) is 29.6. The zero-order chi connectivity index (χ0) is 34.6. The van der Waals surface area contributed by atoms with Crippen LogP contribution in [0.2, 0.25) is 0 Å². The van der Waals surface area contributed by atoms with Crippen molar-refractivity contribution in [3.05, 3.63) is 181 Å². The third-order valence-corrected chi connectivity index (χ3v) is 12.5. The zero-order valence-electron chi connectivity index (χ0n) is 29.0. The van der Waals surface area contributed by atoms with Crippen molar-refractivity contribution < 1.29 is 0 Å². The van der Waals surface area contributed by atoms with Crippen molar-refractivity contribution in [1.29, 1.82) is 0 Å². The van der Waals surface area contributed by atoms with Crippen LogP contribution in [0.15, 0.2) is 170 Å². The molecule has 0 radical (unpaired) electrons. The Balaban J connectivity index is 1.13. The number of benzene rings is 8. The Bertz CT molecular complexity index is 3050. The van der Waals surface area contributed by atoms with E-state index in [-0.39, 0.29) is 5.41 Å². The summed E-state index contributed by atoms with van der Waals surface area (Å²) >= 11 is 1.87. The molecule has 0 aliphatic heterocycles. The molecule has 0 saturated heterocycles. The van der Waals surface area contributed by atoms with Gasteiger partial charge in [0.15, 0.2) is 0 Å². The second-order valence-electron chi connectivity index (χ2n) is 14.6. The molecule has 2 aromatic heterocycles. The van der Waals surface area contributed by atoms with Gasteiger partial charge in [-0.3, -0.25) is 0 Å². The van der Waals surface area contributed by atoms with Gasteiger partial charge in [0.05, 0.1) is 11.0 Å². The third kappa shape index (κ3) is 4.17. The van der Waals surface area contributed by atoms with E-state index in [1.807, 2.05) is 11.3 Å². The fourth-order valence-electron chi connectivity index (χ4n) is 8.98. The van der Waals surface area contributed by atoms with Gasteiger partial charge in [0.25, 0.3) is 0 Å². The summed E-state index contributed by atoms with van der Waals surface area (Å²) in [6.07, 6.45) is 0. The minimum absolute atomic E-state index is 0.148. The number of hydrogen-bond acceptors (Lipinski definition) is 2. The topological polar surface area (TPSA) is 8.17 Å². The number of anilines is 3. The molecule has 3 heteroatoms. The maximum Gasteiger partial charge on any atom is 0.0561 e. The molecule has 0 saturated carbocycles. The second kappa shape index (κ2) is 10.9. The third-order valence-electron chi connectivity index (χ3n) is 11.3. The number of para-hydroxylation sites is 2. The van der Waals surface area contributed by atoms with Crippen LogP contribution in [0, 0.1) is 0 Å². The van der Waals surface area contributed by atoms with Crippen molar-refractivity contribution in [2.24, 2.45) is 0 Å². The molecule has 2 nitrogen and oxygen atoms in total. The lowest BCUT2D eigenvalue weighted by Gasteiger charge is -2.28. The van der Waals surface area contributed by atoms with Gasteiger partial charge < -0.3 is 9.47 Å². The minimum Gasteiger partial charge on any atom is -0.310 e. The van der Waals surface area contributed by atoms with Gasteiger partial charge in [-0.1, -0.05) is 117 Å². The molecule has 0 bridgehead atoms. The smallest absolute Gasteiger partial charge is 0.0561 e. The lowest BCUT2D eigenvalue weighted by molar-refractivity contribution is 0.666. The van der Waals surface area contributed by atoms with Crippen molar-refractivity contribution in [2.75, 3.05) is 4.90 Å². The maximum atomic E-state index is 2.46. The molecule has 246 valence electrons. The van der Waals surface area contributed by atoms with Crippen molar-refractivity contribution >= 4 is 81.1 Å². The van der Waals surface area contributed by atoms with Crippen LogP contribution in [0.5, 0.6) is 0 Å². The molecular weight excluding hydrogens is 649 g/mol. The largest absolute Gasteiger partial charge is 0.310 e. The quantitative estimate of drug-likeness (QED) is 0.179. The van der Waals surface area contributed by atoms with Crippen LogP contribution < -0.4 is 4.90 Å². The lowest BCUT2D eigenvalue weighted by atomic mass is 9.80. The summed E-state index contributed by atoms with van der Waals surface area (Å²) in [5.74, 6) is 0. The summed E-state index contributed by atoms with van der Waals surface area (Å²) in [5.41, 5.74) is 12.3. The average Bonchev–Trinajstić information content (AvgIpc) is 3.80. The Morgan fingerprint density at radius 2 is 1.13 bits per heavy atom. The number of rotatable bonds is 4. The van der Waals surface area contributed by atoms with Gasteiger partial charge in [0, 0.05) is 59.1 Å². The molecular formula is C49H34N2S. The maximum absolute atomic E-state index is 2.46. The Hall–Kier alpha value is -6.16. The van der Waals surface area contributed by atoms with Gasteiger partial charge in [-0.2, -0.15) is 0 Å². The van der Waals surface area contributed by atoms with Gasteiger partial charge in [0.1, 0.15) is 0 Å². The highest BCUT2D eigenvalue weighted by Crippen LogP contribution is 2.53. The molecule has 0 unspecified atom stereocenters. The van der Waals surface area contributed by atoms with E-state index in [4.69, 9.17) is 0 Å². The molecule has 0 N–H and O–H groups in total. The first-order valence-electron chi connectivity index (χ1n) is 18.0. The Labute approximate surface area is 306 Å². The van der Waals surface area contributed by atoms with Crippen LogP contribution in [0.25, 0.3) is 69.6 Å². The second-order valence-corrected chi connectivity index (χ2v) is 15.7. The fraction of sp³-hybridized carbons (Fsp3) is 0.0612. The monoisotopic (exact) mass is 682 g/mol. The van der Waals surface area contributed by atoms with Crippen LogP contribution in [0.4, 0.5) is 17.1 Å². The van der Waals surface area contributed by atoms with Crippen LogP contribution >= 0.6 is 11.3 Å². The molecule has 2 heterocycles. The summed E-state index contributed by atoms with van der Waals surface area (Å²) in [6.45, 7) is 4.78. The van der Waals surface area contributed by atoms with Crippen molar-refractivity contribution in [1.82, 2.24) is 4.57 Å². The number of nitrogens with zero attached hydrogens (tertiary/aromatic N) is 2. The zero-order valence-corrected chi connectivity index (χ0v) is 29.8. The molecule has 11 rings (SSSR count). The first-order chi connectivity index (χ1) is 25.5. The summed E-state index contributed by atoms with van der Waals surface area (Å²) < 4.78 is 5.10.